The van der Waals surface area contributed by atoms with Crippen molar-refractivity contribution in [2.24, 2.45) is 0 Å². The molecule has 0 bridgehead atoms. The molecule has 0 aromatic carbocycles. The van der Waals surface area contributed by atoms with Crippen LogP contribution >= 0.6 is 11.3 Å². The van der Waals surface area contributed by atoms with E-state index in [1.54, 1.807) is 11.7 Å². The lowest BCUT2D eigenvalue weighted by Crippen LogP contribution is -2.38. The fourth-order valence-corrected chi connectivity index (χ4v) is 4.48. The molecule has 1 aliphatic rings. The van der Waals surface area contributed by atoms with Crippen LogP contribution in [0.5, 0.6) is 0 Å². The molecule has 0 aliphatic carbocycles. The fourth-order valence-electron chi connectivity index (χ4n) is 1.98. The van der Waals surface area contributed by atoms with Gasteiger partial charge in [-0.1, -0.05) is 0 Å². The molecule has 1 N–H and O–H groups in total. The standard InChI is InChI=1S/C10H12N4O3S2/c15-5-8-3-9(6-18-8)19(16,17)14-2-1-13-7-11-12-10(13)4-14/h3,6-7,15H,1-2,4-5H2. The minimum absolute atomic E-state index is 0.144. The van der Waals surface area contributed by atoms with E-state index in [1.165, 1.54) is 21.7 Å². The number of fused-ring (bicyclic) bond motifs is 1. The highest BCUT2D eigenvalue weighted by Crippen LogP contribution is 2.25. The van der Waals surface area contributed by atoms with Gasteiger partial charge in [-0.05, 0) is 6.07 Å². The molecule has 0 saturated carbocycles. The van der Waals surface area contributed by atoms with Crippen molar-refractivity contribution in [1.29, 1.82) is 0 Å². The second-order valence-corrected chi connectivity index (χ2v) is 7.12. The number of hydrogen-bond donors (Lipinski definition) is 1. The largest absolute Gasteiger partial charge is 0.391 e. The predicted octanol–water partition coefficient (Wildman–Crippen LogP) is 0.0364. The van der Waals surface area contributed by atoms with Crippen LogP contribution in [0.3, 0.4) is 0 Å². The molecule has 2 aromatic rings. The van der Waals surface area contributed by atoms with Gasteiger partial charge in [-0.2, -0.15) is 4.31 Å². The first-order valence-corrected chi connectivity index (χ1v) is 7.98. The Morgan fingerprint density at radius 1 is 1.42 bits per heavy atom. The molecule has 0 fully saturated rings. The van der Waals surface area contributed by atoms with Crippen molar-refractivity contribution in [1.82, 2.24) is 19.1 Å². The Kier molecular flexibility index (Phi) is 3.13. The van der Waals surface area contributed by atoms with Gasteiger partial charge in [0.2, 0.25) is 10.0 Å². The third-order valence-electron chi connectivity index (χ3n) is 3.03. The topological polar surface area (TPSA) is 88.3 Å². The summed E-state index contributed by atoms with van der Waals surface area (Å²) >= 11 is 1.24. The molecule has 0 amide bonds. The van der Waals surface area contributed by atoms with E-state index in [0.717, 1.165) is 0 Å². The Hall–Kier alpha value is -1.29. The van der Waals surface area contributed by atoms with Gasteiger partial charge < -0.3 is 9.67 Å². The van der Waals surface area contributed by atoms with Crippen LogP contribution in [0, 0.1) is 0 Å². The molecular weight excluding hydrogens is 288 g/mol. The molecule has 19 heavy (non-hydrogen) atoms. The summed E-state index contributed by atoms with van der Waals surface area (Å²) < 4.78 is 28.1. The minimum Gasteiger partial charge on any atom is -0.391 e. The number of rotatable bonds is 3. The van der Waals surface area contributed by atoms with E-state index in [9.17, 15) is 8.42 Å². The lowest BCUT2D eigenvalue weighted by atomic mass is 10.4. The van der Waals surface area contributed by atoms with Gasteiger partial charge >= 0.3 is 0 Å². The maximum absolute atomic E-state index is 12.4. The molecule has 3 heterocycles. The van der Waals surface area contributed by atoms with Gasteiger partial charge in [-0.3, -0.25) is 0 Å². The van der Waals surface area contributed by atoms with Crippen LogP contribution < -0.4 is 0 Å². The summed E-state index contributed by atoms with van der Waals surface area (Å²) in [5.74, 6) is 0.646. The summed E-state index contributed by atoms with van der Waals surface area (Å²) in [5.41, 5.74) is 0. The van der Waals surface area contributed by atoms with Gasteiger partial charge in [0.25, 0.3) is 0 Å². The van der Waals surface area contributed by atoms with Gasteiger partial charge in [-0.25, -0.2) is 8.42 Å². The van der Waals surface area contributed by atoms with Crippen LogP contribution in [0.2, 0.25) is 0 Å². The summed E-state index contributed by atoms with van der Waals surface area (Å²) in [4.78, 5) is 0.869. The van der Waals surface area contributed by atoms with Crippen molar-refractivity contribution in [3.8, 4) is 0 Å². The van der Waals surface area contributed by atoms with E-state index in [-0.39, 0.29) is 18.0 Å². The predicted molar refractivity (Wildman–Crippen MR) is 67.9 cm³/mol. The van der Waals surface area contributed by atoms with E-state index in [4.69, 9.17) is 5.11 Å². The zero-order valence-electron chi connectivity index (χ0n) is 9.93. The Balaban J connectivity index is 1.89. The van der Waals surface area contributed by atoms with Crippen molar-refractivity contribution >= 4 is 21.4 Å². The monoisotopic (exact) mass is 300 g/mol. The SMILES string of the molecule is O=S(=O)(c1csc(CO)c1)N1CCn2cnnc2C1. The molecule has 9 heteroatoms. The first-order valence-electron chi connectivity index (χ1n) is 5.66. The molecule has 7 nitrogen and oxygen atoms in total. The van der Waals surface area contributed by atoms with Crippen LogP contribution in [0.1, 0.15) is 10.7 Å². The second kappa shape index (κ2) is 4.67. The molecule has 0 spiro atoms. The highest BCUT2D eigenvalue weighted by atomic mass is 32.2. The molecular formula is C10H12N4O3S2. The van der Waals surface area contributed by atoms with E-state index >= 15 is 0 Å². The lowest BCUT2D eigenvalue weighted by Gasteiger charge is -2.25. The van der Waals surface area contributed by atoms with Gasteiger partial charge in [0.15, 0.2) is 0 Å². The maximum Gasteiger partial charge on any atom is 0.244 e. The van der Waals surface area contributed by atoms with Gasteiger partial charge in [0, 0.05) is 23.3 Å². The number of aromatic nitrogens is 3. The number of sulfonamides is 1. The van der Waals surface area contributed by atoms with Crippen molar-refractivity contribution in [2.75, 3.05) is 6.54 Å². The van der Waals surface area contributed by atoms with Gasteiger partial charge in [-0.15, -0.1) is 21.5 Å². The van der Waals surface area contributed by atoms with Crippen LogP contribution in [0.15, 0.2) is 22.7 Å². The minimum atomic E-state index is -3.52. The Morgan fingerprint density at radius 2 is 2.26 bits per heavy atom. The van der Waals surface area contributed by atoms with Crippen molar-refractivity contribution in [3.63, 3.8) is 0 Å². The summed E-state index contributed by atoms with van der Waals surface area (Å²) in [7, 11) is -3.52. The quantitative estimate of drug-likeness (QED) is 0.864. The second-order valence-electron chi connectivity index (χ2n) is 4.19. The summed E-state index contributed by atoms with van der Waals surface area (Å²) in [6.45, 7) is 1.04. The zero-order valence-corrected chi connectivity index (χ0v) is 11.6. The maximum atomic E-state index is 12.4. The molecule has 2 aromatic heterocycles. The fraction of sp³-hybridized carbons (Fsp3) is 0.400. The molecule has 1 aliphatic heterocycles. The first-order chi connectivity index (χ1) is 9.11. The molecule has 0 unspecified atom stereocenters. The van der Waals surface area contributed by atoms with Crippen LogP contribution in [0.25, 0.3) is 0 Å². The highest BCUT2D eigenvalue weighted by molar-refractivity contribution is 7.89. The molecule has 3 rings (SSSR count). The van der Waals surface area contributed by atoms with Crippen LogP contribution in [-0.2, 0) is 29.7 Å². The highest BCUT2D eigenvalue weighted by Gasteiger charge is 2.29. The van der Waals surface area contributed by atoms with Gasteiger partial charge in [0.05, 0.1) is 18.0 Å². The summed E-state index contributed by atoms with van der Waals surface area (Å²) in [6.07, 6.45) is 1.60. The third-order valence-corrected chi connectivity index (χ3v) is 5.92. The first kappa shape index (κ1) is 12.7. The van der Waals surface area contributed by atoms with E-state index < -0.39 is 10.0 Å². The zero-order chi connectivity index (χ0) is 13.5. The number of thiophene rings is 1. The normalized spacial score (nSPS) is 16.5. The molecule has 0 radical (unpaired) electrons. The number of nitrogens with zero attached hydrogens (tertiary/aromatic N) is 4. The smallest absolute Gasteiger partial charge is 0.244 e. The number of hydrogen-bond acceptors (Lipinski definition) is 6. The van der Waals surface area contributed by atoms with Gasteiger partial charge in [0.1, 0.15) is 12.2 Å². The molecule has 0 atom stereocenters. The Labute approximate surface area is 114 Å². The average molecular weight is 300 g/mol. The van der Waals surface area contributed by atoms with Crippen molar-refractivity contribution < 1.29 is 13.5 Å². The molecule has 0 saturated heterocycles. The Morgan fingerprint density at radius 3 is 3.00 bits per heavy atom. The van der Waals surface area contributed by atoms with Crippen LogP contribution in [-0.4, -0.2) is 39.1 Å². The van der Waals surface area contributed by atoms with E-state index in [2.05, 4.69) is 10.2 Å². The lowest BCUT2D eigenvalue weighted by molar-refractivity contribution is 0.285. The van der Waals surface area contributed by atoms with E-state index in [0.29, 0.717) is 23.8 Å². The number of aliphatic hydroxyl groups is 1. The van der Waals surface area contributed by atoms with E-state index in [1.807, 2.05) is 4.57 Å². The third kappa shape index (κ3) is 2.18. The number of aliphatic hydroxyl groups excluding tert-OH is 1. The van der Waals surface area contributed by atoms with Crippen LogP contribution in [0.4, 0.5) is 0 Å². The average Bonchev–Trinajstić information content (AvgIpc) is 3.06. The summed E-state index contributed by atoms with van der Waals surface area (Å²) in [5, 5.41) is 18.2. The molecule has 102 valence electrons. The van der Waals surface area contributed by atoms with Crippen molar-refractivity contribution in [3.05, 3.63) is 28.5 Å². The Bertz CT molecular complexity index is 691. The summed E-state index contributed by atoms with van der Waals surface area (Å²) in [6, 6.07) is 1.51. The van der Waals surface area contributed by atoms with Crippen molar-refractivity contribution in [2.45, 2.75) is 24.6 Å².